The summed E-state index contributed by atoms with van der Waals surface area (Å²) < 4.78 is 0. The largest absolute Gasteiger partial charge is 0.508 e. The standard InChI is InChI=1S/C19H30N2O/c1-2-21(13-12-20-16-6-4-3-5-7-16)19-11-8-15-14-17(22)9-10-18(15)19/h9-10,14,16,19-20,22H,2-8,11-13H2,1H3. The fourth-order valence-corrected chi connectivity index (χ4v) is 4.21. The topological polar surface area (TPSA) is 35.5 Å². The number of benzene rings is 1. The van der Waals surface area contributed by atoms with Gasteiger partial charge in [0, 0.05) is 25.2 Å². The van der Waals surface area contributed by atoms with E-state index in [0.29, 0.717) is 11.8 Å². The molecule has 0 amide bonds. The Morgan fingerprint density at radius 1 is 1.18 bits per heavy atom. The van der Waals surface area contributed by atoms with Gasteiger partial charge in [-0.1, -0.05) is 32.3 Å². The first-order valence-electron chi connectivity index (χ1n) is 9.07. The Kier molecular flexibility index (Phi) is 5.37. The summed E-state index contributed by atoms with van der Waals surface area (Å²) in [5.74, 6) is 0.404. The molecule has 3 heteroatoms. The van der Waals surface area contributed by atoms with Crippen LogP contribution in [0, 0.1) is 0 Å². The normalized spacial score (nSPS) is 22.2. The summed E-state index contributed by atoms with van der Waals surface area (Å²) in [5, 5.41) is 13.4. The number of rotatable bonds is 6. The first kappa shape index (κ1) is 15.8. The monoisotopic (exact) mass is 302 g/mol. The lowest BCUT2D eigenvalue weighted by molar-refractivity contribution is 0.202. The van der Waals surface area contributed by atoms with Gasteiger partial charge in [0.2, 0.25) is 0 Å². The van der Waals surface area contributed by atoms with Crippen LogP contribution in [0.2, 0.25) is 0 Å². The van der Waals surface area contributed by atoms with Crippen molar-refractivity contribution >= 4 is 0 Å². The summed E-state index contributed by atoms with van der Waals surface area (Å²) in [6.45, 7) is 5.58. The number of aryl methyl sites for hydroxylation is 1. The van der Waals surface area contributed by atoms with E-state index in [1.54, 1.807) is 0 Å². The first-order chi connectivity index (χ1) is 10.8. The number of phenolic OH excluding ortho intramolecular Hbond substituents is 1. The quantitative estimate of drug-likeness (QED) is 0.842. The lowest BCUT2D eigenvalue weighted by atomic mass is 9.95. The molecule has 3 nitrogen and oxygen atoms in total. The van der Waals surface area contributed by atoms with Gasteiger partial charge >= 0.3 is 0 Å². The molecule has 1 unspecified atom stereocenters. The highest BCUT2D eigenvalue weighted by atomic mass is 16.3. The number of hydrogen-bond acceptors (Lipinski definition) is 3. The highest BCUT2D eigenvalue weighted by Gasteiger charge is 2.27. The zero-order valence-corrected chi connectivity index (χ0v) is 13.9. The van der Waals surface area contributed by atoms with E-state index in [1.165, 1.54) is 49.7 Å². The molecule has 1 atom stereocenters. The second-order valence-corrected chi connectivity index (χ2v) is 6.86. The molecule has 2 aliphatic carbocycles. The summed E-state index contributed by atoms with van der Waals surface area (Å²) in [4.78, 5) is 2.60. The third-order valence-corrected chi connectivity index (χ3v) is 5.46. The fraction of sp³-hybridized carbons (Fsp3) is 0.684. The third kappa shape index (κ3) is 3.64. The molecule has 0 spiro atoms. The van der Waals surface area contributed by atoms with E-state index in [9.17, 15) is 5.11 Å². The SMILES string of the molecule is CCN(CCNC1CCCCC1)C1CCc2cc(O)ccc21. The summed E-state index contributed by atoms with van der Waals surface area (Å²) in [7, 11) is 0. The van der Waals surface area contributed by atoms with Crippen molar-refractivity contribution in [3.05, 3.63) is 29.3 Å². The molecule has 1 aromatic carbocycles. The van der Waals surface area contributed by atoms with Crippen molar-refractivity contribution in [1.29, 1.82) is 0 Å². The number of phenols is 1. The zero-order chi connectivity index (χ0) is 15.4. The van der Waals surface area contributed by atoms with Gasteiger partial charge < -0.3 is 10.4 Å². The zero-order valence-electron chi connectivity index (χ0n) is 13.9. The Bertz CT molecular complexity index is 482. The number of nitrogens with zero attached hydrogens (tertiary/aromatic N) is 1. The highest BCUT2D eigenvalue weighted by molar-refractivity contribution is 5.40. The van der Waals surface area contributed by atoms with E-state index in [1.807, 2.05) is 12.1 Å². The average Bonchev–Trinajstić information content (AvgIpc) is 2.95. The van der Waals surface area contributed by atoms with E-state index >= 15 is 0 Å². The lowest BCUT2D eigenvalue weighted by Gasteiger charge is -2.30. The lowest BCUT2D eigenvalue weighted by Crippen LogP contribution is -2.39. The van der Waals surface area contributed by atoms with Crippen LogP contribution in [0.5, 0.6) is 5.75 Å². The van der Waals surface area contributed by atoms with Crippen molar-refractivity contribution in [2.45, 2.75) is 64.0 Å². The maximum Gasteiger partial charge on any atom is 0.115 e. The summed E-state index contributed by atoms with van der Waals surface area (Å²) in [5.41, 5.74) is 2.76. The molecular weight excluding hydrogens is 272 g/mol. The molecule has 122 valence electrons. The number of hydrogen-bond donors (Lipinski definition) is 2. The van der Waals surface area contributed by atoms with Gasteiger partial charge in [-0.05, 0) is 55.5 Å². The Balaban J connectivity index is 1.54. The van der Waals surface area contributed by atoms with E-state index in [0.717, 1.165) is 32.1 Å². The van der Waals surface area contributed by atoms with Gasteiger partial charge in [-0.15, -0.1) is 0 Å². The first-order valence-corrected chi connectivity index (χ1v) is 9.07. The molecule has 3 rings (SSSR count). The van der Waals surface area contributed by atoms with E-state index < -0.39 is 0 Å². The molecule has 0 saturated heterocycles. The second kappa shape index (κ2) is 7.47. The van der Waals surface area contributed by atoms with Gasteiger partial charge in [-0.25, -0.2) is 0 Å². The van der Waals surface area contributed by atoms with Crippen molar-refractivity contribution in [2.75, 3.05) is 19.6 Å². The molecule has 22 heavy (non-hydrogen) atoms. The van der Waals surface area contributed by atoms with Crippen molar-refractivity contribution in [2.24, 2.45) is 0 Å². The maximum atomic E-state index is 9.64. The van der Waals surface area contributed by atoms with Gasteiger partial charge in [0.05, 0.1) is 0 Å². The van der Waals surface area contributed by atoms with Crippen molar-refractivity contribution in [3.63, 3.8) is 0 Å². The van der Waals surface area contributed by atoms with Crippen LogP contribution in [0.4, 0.5) is 0 Å². The molecule has 1 aromatic rings. The summed E-state index contributed by atoms with van der Waals surface area (Å²) in [6, 6.07) is 7.20. The minimum atomic E-state index is 0.404. The summed E-state index contributed by atoms with van der Waals surface area (Å²) in [6.07, 6.45) is 9.22. The van der Waals surface area contributed by atoms with Gasteiger partial charge in [0.15, 0.2) is 0 Å². The number of likely N-dealkylation sites (N-methyl/N-ethyl adjacent to an activating group) is 1. The predicted octanol–water partition coefficient (Wildman–Crippen LogP) is 3.62. The minimum Gasteiger partial charge on any atom is -0.508 e. The predicted molar refractivity (Wildman–Crippen MR) is 91.3 cm³/mol. The molecule has 1 saturated carbocycles. The fourth-order valence-electron chi connectivity index (χ4n) is 4.21. The maximum absolute atomic E-state index is 9.64. The Hall–Kier alpha value is -1.06. The van der Waals surface area contributed by atoms with Crippen LogP contribution in [0.15, 0.2) is 18.2 Å². The molecule has 1 fully saturated rings. The van der Waals surface area contributed by atoms with E-state index in [2.05, 4.69) is 23.2 Å². The molecule has 0 aromatic heterocycles. The van der Waals surface area contributed by atoms with Crippen LogP contribution in [-0.2, 0) is 6.42 Å². The molecule has 0 heterocycles. The molecule has 0 bridgehead atoms. The average molecular weight is 302 g/mol. The smallest absolute Gasteiger partial charge is 0.115 e. The van der Waals surface area contributed by atoms with Crippen LogP contribution >= 0.6 is 0 Å². The van der Waals surface area contributed by atoms with Crippen LogP contribution in [0.25, 0.3) is 0 Å². The van der Waals surface area contributed by atoms with Gasteiger partial charge in [0.1, 0.15) is 5.75 Å². The Labute approximate surface area is 134 Å². The molecule has 0 radical (unpaired) electrons. The molecule has 2 aliphatic rings. The van der Waals surface area contributed by atoms with E-state index in [4.69, 9.17) is 0 Å². The second-order valence-electron chi connectivity index (χ2n) is 6.86. The van der Waals surface area contributed by atoms with Gasteiger partial charge in [-0.2, -0.15) is 0 Å². The molecule has 0 aliphatic heterocycles. The summed E-state index contributed by atoms with van der Waals surface area (Å²) >= 11 is 0. The number of nitrogens with one attached hydrogen (secondary N) is 1. The van der Waals surface area contributed by atoms with Gasteiger partial charge in [0.25, 0.3) is 0 Å². The van der Waals surface area contributed by atoms with Crippen LogP contribution in [0.3, 0.4) is 0 Å². The van der Waals surface area contributed by atoms with Crippen LogP contribution in [-0.4, -0.2) is 35.7 Å². The van der Waals surface area contributed by atoms with Crippen LogP contribution in [0.1, 0.15) is 62.6 Å². The van der Waals surface area contributed by atoms with Crippen molar-refractivity contribution in [3.8, 4) is 5.75 Å². The number of aromatic hydroxyl groups is 1. The van der Waals surface area contributed by atoms with Crippen molar-refractivity contribution < 1.29 is 5.11 Å². The third-order valence-electron chi connectivity index (χ3n) is 5.46. The molecule has 2 N–H and O–H groups in total. The van der Waals surface area contributed by atoms with Gasteiger partial charge in [-0.3, -0.25) is 4.90 Å². The Morgan fingerprint density at radius 3 is 2.77 bits per heavy atom. The number of fused-ring (bicyclic) bond motifs is 1. The Morgan fingerprint density at radius 2 is 2.00 bits per heavy atom. The van der Waals surface area contributed by atoms with Crippen molar-refractivity contribution in [1.82, 2.24) is 10.2 Å². The van der Waals surface area contributed by atoms with Crippen LogP contribution < -0.4 is 5.32 Å². The molecular formula is C19H30N2O. The van der Waals surface area contributed by atoms with E-state index in [-0.39, 0.29) is 0 Å². The highest BCUT2D eigenvalue weighted by Crippen LogP contribution is 2.37. The minimum absolute atomic E-state index is 0.404.